The lowest BCUT2D eigenvalue weighted by Crippen LogP contribution is -2.38. The number of benzene rings is 1. The standard InChI is InChI=1S/C16H18FN3OS/c1-11-18-15-13-10-12(17)2-3-14(13)20(16(15)22-11)5-4-19-6-8-21-9-7-19/h2-3,10H,4-9H2,1H3. The Bertz CT molecular complexity index is 820. The molecule has 1 aliphatic heterocycles. The number of nitrogens with zero attached hydrogens (tertiary/aromatic N) is 3. The lowest BCUT2D eigenvalue weighted by atomic mass is 10.2. The lowest BCUT2D eigenvalue weighted by molar-refractivity contribution is 0.0367. The summed E-state index contributed by atoms with van der Waals surface area (Å²) < 4.78 is 21.3. The number of aromatic nitrogens is 2. The smallest absolute Gasteiger partial charge is 0.124 e. The van der Waals surface area contributed by atoms with Crippen molar-refractivity contribution >= 4 is 32.6 Å². The van der Waals surface area contributed by atoms with Crippen molar-refractivity contribution in [1.82, 2.24) is 14.5 Å². The fourth-order valence-corrected chi connectivity index (χ4v) is 4.07. The Kier molecular flexibility index (Phi) is 3.60. The van der Waals surface area contributed by atoms with Crippen LogP contribution in [0.3, 0.4) is 0 Å². The number of aryl methyl sites for hydroxylation is 1. The highest BCUT2D eigenvalue weighted by Crippen LogP contribution is 2.32. The van der Waals surface area contributed by atoms with Crippen LogP contribution < -0.4 is 0 Å². The Hall–Kier alpha value is -1.50. The molecule has 4 nitrogen and oxygen atoms in total. The molecule has 3 aromatic rings. The zero-order valence-corrected chi connectivity index (χ0v) is 13.3. The number of fused-ring (bicyclic) bond motifs is 3. The van der Waals surface area contributed by atoms with Gasteiger partial charge in [-0.3, -0.25) is 4.90 Å². The summed E-state index contributed by atoms with van der Waals surface area (Å²) in [4.78, 5) is 8.16. The Morgan fingerprint density at radius 1 is 1.27 bits per heavy atom. The Morgan fingerprint density at radius 3 is 2.91 bits per heavy atom. The number of ether oxygens (including phenoxy) is 1. The van der Waals surface area contributed by atoms with Crippen LogP contribution in [0.5, 0.6) is 0 Å². The molecule has 0 bridgehead atoms. The molecule has 0 spiro atoms. The van der Waals surface area contributed by atoms with Gasteiger partial charge in [0.2, 0.25) is 0 Å². The van der Waals surface area contributed by atoms with E-state index in [1.165, 1.54) is 6.07 Å². The van der Waals surface area contributed by atoms with Gasteiger partial charge in [-0.25, -0.2) is 9.37 Å². The molecule has 0 atom stereocenters. The molecule has 6 heteroatoms. The molecule has 1 aliphatic rings. The van der Waals surface area contributed by atoms with Crippen LogP contribution in [-0.2, 0) is 11.3 Å². The monoisotopic (exact) mass is 319 g/mol. The Balaban J connectivity index is 1.73. The number of morpholine rings is 1. The van der Waals surface area contributed by atoms with E-state index in [2.05, 4.69) is 14.5 Å². The molecule has 116 valence electrons. The van der Waals surface area contributed by atoms with E-state index < -0.39 is 0 Å². The van der Waals surface area contributed by atoms with Crippen LogP contribution in [0, 0.1) is 12.7 Å². The van der Waals surface area contributed by atoms with Crippen molar-refractivity contribution in [2.75, 3.05) is 32.8 Å². The summed E-state index contributed by atoms with van der Waals surface area (Å²) >= 11 is 1.68. The first-order valence-corrected chi connectivity index (χ1v) is 8.39. The summed E-state index contributed by atoms with van der Waals surface area (Å²) in [6.07, 6.45) is 0. The number of hydrogen-bond donors (Lipinski definition) is 0. The quantitative estimate of drug-likeness (QED) is 0.743. The average Bonchev–Trinajstić information content (AvgIpc) is 3.02. The fourth-order valence-electron chi connectivity index (χ4n) is 3.11. The zero-order chi connectivity index (χ0) is 15.1. The maximum atomic E-state index is 13.6. The van der Waals surface area contributed by atoms with Crippen LogP contribution >= 0.6 is 11.3 Å². The minimum absolute atomic E-state index is 0.203. The van der Waals surface area contributed by atoms with E-state index in [1.54, 1.807) is 17.4 Å². The molecule has 1 saturated heterocycles. The number of halogens is 1. The van der Waals surface area contributed by atoms with Gasteiger partial charge < -0.3 is 9.30 Å². The van der Waals surface area contributed by atoms with Crippen LogP contribution in [0.25, 0.3) is 21.3 Å². The second-order valence-corrected chi connectivity index (χ2v) is 6.84. The fraction of sp³-hybridized carbons (Fsp3) is 0.438. The molecule has 3 heterocycles. The highest BCUT2D eigenvalue weighted by molar-refractivity contribution is 7.18. The summed E-state index contributed by atoms with van der Waals surface area (Å²) in [5.41, 5.74) is 2.00. The van der Waals surface area contributed by atoms with Crippen LogP contribution in [0.15, 0.2) is 18.2 Å². The summed E-state index contributed by atoms with van der Waals surface area (Å²) in [5, 5.41) is 1.94. The van der Waals surface area contributed by atoms with Crippen molar-refractivity contribution in [2.45, 2.75) is 13.5 Å². The third kappa shape index (κ3) is 2.41. The summed E-state index contributed by atoms with van der Waals surface area (Å²) in [6, 6.07) is 5.00. The van der Waals surface area contributed by atoms with Crippen LogP contribution in [0.2, 0.25) is 0 Å². The second-order valence-electron chi connectivity index (χ2n) is 5.65. The molecule has 1 fully saturated rings. The van der Waals surface area contributed by atoms with Gasteiger partial charge in [-0.2, -0.15) is 0 Å². The van der Waals surface area contributed by atoms with Gasteiger partial charge in [0.15, 0.2) is 0 Å². The van der Waals surface area contributed by atoms with Crippen molar-refractivity contribution in [2.24, 2.45) is 0 Å². The maximum Gasteiger partial charge on any atom is 0.124 e. The molecular weight excluding hydrogens is 301 g/mol. The minimum Gasteiger partial charge on any atom is -0.379 e. The van der Waals surface area contributed by atoms with Crippen LogP contribution in [-0.4, -0.2) is 47.3 Å². The first-order valence-electron chi connectivity index (χ1n) is 7.57. The minimum atomic E-state index is -0.203. The largest absolute Gasteiger partial charge is 0.379 e. The van der Waals surface area contributed by atoms with Crippen molar-refractivity contribution in [3.8, 4) is 0 Å². The van der Waals surface area contributed by atoms with Crippen LogP contribution in [0.1, 0.15) is 5.01 Å². The molecule has 22 heavy (non-hydrogen) atoms. The predicted octanol–water partition coefficient (Wildman–Crippen LogP) is 3.03. The number of rotatable bonds is 3. The van der Waals surface area contributed by atoms with E-state index in [-0.39, 0.29) is 5.82 Å². The van der Waals surface area contributed by atoms with E-state index in [4.69, 9.17) is 4.74 Å². The molecular formula is C16H18FN3OS. The number of hydrogen-bond acceptors (Lipinski definition) is 4. The summed E-state index contributed by atoms with van der Waals surface area (Å²) in [5.74, 6) is -0.203. The van der Waals surface area contributed by atoms with Crippen molar-refractivity contribution < 1.29 is 9.13 Å². The zero-order valence-electron chi connectivity index (χ0n) is 12.5. The second kappa shape index (κ2) is 5.61. The van der Waals surface area contributed by atoms with Gasteiger partial charge in [0, 0.05) is 31.6 Å². The Morgan fingerprint density at radius 2 is 2.09 bits per heavy atom. The van der Waals surface area contributed by atoms with Crippen molar-refractivity contribution in [1.29, 1.82) is 0 Å². The molecule has 0 aliphatic carbocycles. The van der Waals surface area contributed by atoms with Gasteiger partial charge in [-0.1, -0.05) is 0 Å². The van der Waals surface area contributed by atoms with E-state index in [1.807, 2.05) is 13.0 Å². The molecule has 0 saturated carbocycles. The molecule has 0 N–H and O–H groups in total. The summed E-state index contributed by atoms with van der Waals surface area (Å²) in [7, 11) is 0. The van der Waals surface area contributed by atoms with Crippen molar-refractivity contribution in [3.63, 3.8) is 0 Å². The lowest BCUT2D eigenvalue weighted by Gasteiger charge is -2.26. The predicted molar refractivity (Wildman–Crippen MR) is 87.1 cm³/mol. The van der Waals surface area contributed by atoms with Gasteiger partial charge in [0.1, 0.15) is 16.2 Å². The van der Waals surface area contributed by atoms with Gasteiger partial charge in [-0.05, 0) is 25.1 Å². The first-order chi connectivity index (χ1) is 10.7. The number of thiazole rings is 1. The molecule has 1 aromatic carbocycles. The topological polar surface area (TPSA) is 30.3 Å². The van der Waals surface area contributed by atoms with Gasteiger partial charge in [0.25, 0.3) is 0 Å². The highest BCUT2D eigenvalue weighted by atomic mass is 32.1. The van der Waals surface area contributed by atoms with E-state index in [0.717, 1.165) is 65.7 Å². The summed E-state index contributed by atoms with van der Waals surface area (Å²) in [6.45, 7) is 7.47. The maximum absolute atomic E-state index is 13.6. The average molecular weight is 319 g/mol. The molecule has 0 amide bonds. The molecule has 0 unspecified atom stereocenters. The third-order valence-electron chi connectivity index (χ3n) is 4.21. The van der Waals surface area contributed by atoms with Gasteiger partial charge >= 0.3 is 0 Å². The highest BCUT2D eigenvalue weighted by Gasteiger charge is 2.17. The molecule has 2 aromatic heterocycles. The third-order valence-corrected chi connectivity index (χ3v) is 5.20. The SMILES string of the molecule is Cc1nc2c3cc(F)ccc3n(CCN3CCOCC3)c2s1. The molecule has 0 radical (unpaired) electrons. The van der Waals surface area contributed by atoms with E-state index >= 15 is 0 Å². The first kappa shape index (κ1) is 14.1. The van der Waals surface area contributed by atoms with Crippen LogP contribution in [0.4, 0.5) is 4.39 Å². The molecule has 4 rings (SSSR count). The van der Waals surface area contributed by atoms with Gasteiger partial charge in [0.05, 0.1) is 23.7 Å². The van der Waals surface area contributed by atoms with Crippen molar-refractivity contribution in [3.05, 3.63) is 29.0 Å². The van der Waals surface area contributed by atoms with E-state index in [9.17, 15) is 4.39 Å². The van der Waals surface area contributed by atoms with E-state index in [0.29, 0.717) is 0 Å². The normalized spacial score (nSPS) is 16.8. The van der Waals surface area contributed by atoms with Gasteiger partial charge in [-0.15, -0.1) is 11.3 Å². The Labute approximate surface area is 132 Å².